The van der Waals surface area contributed by atoms with E-state index in [0.29, 0.717) is 6.66 Å². The summed E-state index contributed by atoms with van der Waals surface area (Å²) in [6, 6.07) is 6.60. The van der Waals surface area contributed by atoms with Crippen LogP contribution in [0.5, 0.6) is 0 Å². The van der Waals surface area contributed by atoms with Gasteiger partial charge in [0.05, 0.1) is 0 Å². The second-order valence-electron chi connectivity index (χ2n) is 3.21. The minimum absolute atomic E-state index is 0.243. The van der Waals surface area contributed by atoms with Crippen molar-refractivity contribution in [2.24, 2.45) is 0 Å². The molecule has 0 saturated carbocycles. The average molecular weight is 253 g/mol. The Hall–Kier alpha value is -0.840. The predicted molar refractivity (Wildman–Crippen MR) is 49.9 cm³/mol. The van der Waals surface area contributed by atoms with Crippen LogP contribution in [0.4, 0.5) is 13.2 Å². The number of halogens is 3. The highest BCUT2D eigenvalue weighted by atomic mass is 31.2. The zero-order valence-electron chi connectivity index (χ0n) is 8.27. The summed E-state index contributed by atoms with van der Waals surface area (Å²) in [4.78, 5) is 10.8. The third-order valence-electron chi connectivity index (χ3n) is 1.70. The van der Waals surface area contributed by atoms with Gasteiger partial charge in [0.25, 0.3) is 0 Å². The molecule has 0 aliphatic rings. The molecule has 3 nitrogen and oxygen atoms in total. The van der Waals surface area contributed by atoms with Gasteiger partial charge in [0.2, 0.25) is 0 Å². The van der Waals surface area contributed by atoms with E-state index in [1.165, 1.54) is 18.2 Å². The van der Waals surface area contributed by atoms with Gasteiger partial charge in [-0.15, -0.1) is 0 Å². The summed E-state index contributed by atoms with van der Waals surface area (Å²) in [6.45, 7) is 0.606. The van der Waals surface area contributed by atoms with Gasteiger partial charge in [0.15, 0.2) is 6.10 Å². The first-order valence-corrected chi connectivity index (χ1v) is 6.28. The van der Waals surface area contributed by atoms with Gasteiger partial charge in [-0.3, -0.25) is 0 Å². The molecular weight excluding hydrogens is 244 g/mol. The minimum Gasteiger partial charge on any atom is -0.779 e. The molecule has 0 saturated heterocycles. The van der Waals surface area contributed by atoms with E-state index in [9.17, 15) is 22.6 Å². The molecule has 1 rings (SSSR count). The van der Waals surface area contributed by atoms with E-state index in [1.54, 1.807) is 0 Å². The Morgan fingerprint density at radius 1 is 1.31 bits per heavy atom. The minimum atomic E-state index is -4.77. The Balaban J connectivity index is 3.03. The molecule has 0 spiro atoms. The SMILES string of the molecule is CP(=O)([O-])O[C@@H](c1ccccc1)C(F)(F)F. The summed E-state index contributed by atoms with van der Waals surface area (Å²) >= 11 is 0. The predicted octanol–water partition coefficient (Wildman–Crippen LogP) is 2.49. The average Bonchev–Trinajstić information content (AvgIpc) is 2.13. The van der Waals surface area contributed by atoms with Crippen LogP contribution in [0.1, 0.15) is 11.7 Å². The van der Waals surface area contributed by atoms with E-state index in [4.69, 9.17) is 0 Å². The van der Waals surface area contributed by atoms with Gasteiger partial charge in [-0.1, -0.05) is 30.3 Å². The highest BCUT2D eigenvalue weighted by Crippen LogP contribution is 2.46. The molecule has 1 unspecified atom stereocenters. The summed E-state index contributed by atoms with van der Waals surface area (Å²) < 4.78 is 52.5. The van der Waals surface area contributed by atoms with Crippen molar-refractivity contribution in [2.45, 2.75) is 12.3 Å². The van der Waals surface area contributed by atoms with Crippen LogP contribution in [0.2, 0.25) is 0 Å². The van der Waals surface area contributed by atoms with E-state index in [0.717, 1.165) is 12.1 Å². The molecule has 1 aromatic rings. The van der Waals surface area contributed by atoms with Gasteiger partial charge in [0.1, 0.15) is 7.60 Å². The van der Waals surface area contributed by atoms with Crippen molar-refractivity contribution in [3.63, 3.8) is 0 Å². The number of alkyl halides is 3. The maximum Gasteiger partial charge on any atom is 0.419 e. The third-order valence-corrected chi connectivity index (χ3v) is 2.29. The van der Waals surface area contributed by atoms with Gasteiger partial charge in [-0.05, 0) is 5.56 Å². The Morgan fingerprint density at radius 3 is 2.19 bits per heavy atom. The highest BCUT2D eigenvalue weighted by molar-refractivity contribution is 7.50. The molecule has 1 aromatic carbocycles. The van der Waals surface area contributed by atoms with Crippen LogP contribution in [0.25, 0.3) is 0 Å². The molecule has 90 valence electrons. The molecule has 0 amide bonds. The van der Waals surface area contributed by atoms with Gasteiger partial charge >= 0.3 is 6.18 Å². The number of benzene rings is 1. The molecule has 7 heteroatoms. The molecule has 2 atom stereocenters. The quantitative estimate of drug-likeness (QED) is 0.777. The fourth-order valence-corrected chi connectivity index (χ4v) is 1.75. The van der Waals surface area contributed by atoms with E-state index in [1.807, 2.05) is 0 Å². The lowest BCUT2D eigenvalue weighted by atomic mass is 10.1. The van der Waals surface area contributed by atoms with Crippen molar-refractivity contribution in [3.8, 4) is 0 Å². The standard InChI is InChI=1S/C9H10F3O3P/c1-16(13,14)15-8(9(10,11)12)7-5-3-2-4-6-7/h2-6,8H,1H3,(H,13,14)/p-1/t8-/m0/s1. The third kappa shape index (κ3) is 3.96. The number of hydrogen-bond acceptors (Lipinski definition) is 3. The van der Waals surface area contributed by atoms with Crippen molar-refractivity contribution < 1.29 is 27.2 Å². The van der Waals surface area contributed by atoms with Crippen molar-refractivity contribution in [1.82, 2.24) is 0 Å². The van der Waals surface area contributed by atoms with Gasteiger partial charge in [-0.25, -0.2) is 0 Å². The molecular formula is C9H9F3O3P-. The first-order chi connectivity index (χ1) is 7.20. The second kappa shape index (κ2) is 4.57. The van der Waals surface area contributed by atoms with E-state index >= 15 is 0 Å². The number of rotatable bonds is 3. The Labute approximate surface area is 90.4 Å². The summed E-state index contributed by atoms with van der Waals surface area (Å²) in [7, 11) is -4.45. The molecule has 0 radical (unpaired) electrons. The van der Waals surface area contributed by atoms with Crippen molar-refractivity contribution in [2.75, 3.05) is 6.66 Å². The number of hydrogen-bond donors (Lipinski definition) is 0. The first-order valence-electron chi connectivity index (χ1n) is 4.29. The molecule has 0 fully saturated rings. The summed E-state index contributed by atoms with van der Waals surface area (Å²) in [5.41, 5.74) is -0.243. The Morgan fingerprint density at radius 2 is 1.81 bits per heavy atom. The van der Waals surface area contributed by atoms with Crippen LogP contribution in [0.3, 0.4) is 0 Å². The van der Waals surface area contributed by atoms with Crippen molar-refractivity contribution >= 4 is 7.60 Å². The smallest absolute Gasteiger partial charge is 0.419 e. The Bertz CT molecular complexity index is 385. The summed E-state index contributed by atoms with van der Waals surface area (Å²) in [5, 5.41) is 0. The second-order valence-corrected chi connectivity index (χ2v) is 4.96. The van der Waals surface area contributed by atoms with Crippen molar-refractivity contribution in [1.29, 1.82) is 0 Å². The van der Waals surface area contributed by atoms with Crippen LogP contribution < -0.4 is 4.89 Å². The lowest BCUT2D eigenvalue weighted by molar-refractivity contribution is -0.239. The van der Waals surface area contributed by atoms with Crippen LogP contribution in [-0.4, -0.2) is 12.8 Å². The zero-order chi connectivity index (χ0) is 12.4. The maximum atomic E-state index is 12.6. The maximum absolute atomic E-state index is 12.6. The van der Waals surface area contributed by atoms with Crippen molar-refractivity contribution in [3.05, 3.63) is 35.9 Å². The lowest BCUT2D eigenvalue weighted by Gasteiger charge is -2.27. The van der Waals surface area contributed by atoms with E-state index in [-0.39, 0.29) is 5.56 Å². The fourth-order valence-electron chi connectivity index (χ4n) is 1.13. The van der Waals surface area contributed by atoms with Crippen LogP contribution in [-0.2, 0) is 9.09 Å². The lowest BCUT2D eigenvalue weighted by Crippen LogP contribution is -2.24. The largest absolute Gasteiger partial charge is 0.779 e. The molecule has 0 aromatic heterocycles. The monoisotopic (exact) mass is 253 g/mol. The molecule has 0 aliphatic carbocycles. The van der Waals surface area contributed by atoms with Crippen LogP contribution >= 0.6 is 7.60 Å². The molecule has 0 N–H and O–H groups in total. The zero-order valence-corrected chi connectivity index (χ0v) is 9.16. The highest BCUT2D eigenvalue weighted by Gasteiger charge is 2.43. The first kappa shape index (κ1) is 13.2. The molecule has 0 aliphatic heterocycles. The van der Waals surface area contributed by atoms with Gasteiger partial charge in [0, 0.05) is 6.66 Å². The normalized spacial score (nSPS) is 17.8. The van der Waals surface area contributed by atoms with Gasteiger partial charge < -0.3 is 14.0 Å². The Kier molecular flexibility index (Phi) is 3.78. The van der Waals surface area contributed by atoms with Gasteiger partial charge in [-0.2, -0.15) is 13.2 Å². The van der Waals surface area contributed by atoms with E-state index < -0.39 is 19.9 Å². The topological polar surface area (TPSA) is 49.4 Å². The van der Waals surface area contributed by atoms with Crippen LogP contribution in [0, 0.1) is 0 Å². The van der Waals surface area contributed by atoms with Crippen LogP contribution in [0.15, 0.2) is 30.3 Å². The summed E-state index contributed by atoms with van der Waals surface area (Å²) in [6.07, 6.45) is -7.21. The molecule has 0 bridgehead atoms. The van der Waals surface area contributed by atoms with E-state index in [2.05, 4.69) is 4.52 Å². The molecule has 0 heterocycles. The summed E-state index contributed by atoms with van der Waals surface area (Å²) in [5.74, 6) is 0. The molecule has 16 heavy (non-hydrogen) atoms. The fraction of sp³-hybridized carbons (Fsp3) is 0.333.